The summed E-state index contributed by atoms with van der Waals surface area (Å²) < 4.78 is 5.47. The normalized spacial score (nSPS) is 19.2. The number of carbonyl (C=O) groups is 1. The van der Waals surface area contributed by atoms with Crippen LogP contribution in [0.5, 0.6) is 5.75 Å². The van der Waals surface area contributed by atoms with Crippen LogP contribution in [0.3, 0.4) is 0 Å². The molecule has 1 heterocycles. The Morgan fingerprint density at radius 2 is 2.24 bits per heavy atom. The van der Waals surface area contributed by atoms with Crippen LogP contribution in [0.4, 0.5) is 5.69 Å². The van der Waals surface area contributed by atoms with E-state index in [1.165, 1.54) is 6.42 Å². The highest BCUT2D eigenvalue weighted by atomic mass is 16.5. The van der Waals surface area contributed by atoms with Crippen LogP contribution in [0.1, 0.15) is 39.5 Å². The minimum atomic E-state index is 0.00875. The predicted molar refractivity (Wildman–Crippen MR) is 85.7 cm³/mol. The minimum Gasteiger partial charge on any atom is -0.494 e. The standard InChI is InChI=1S/C17H26N2O2/c1-3-11-19-12-6-5-10-16(19)17(20)18-14-8-7-9-15(13-14)21-4-2/h7-9,13,16H,3-6,10-12H2,1-2H3,(H,18,20). The molecule has 1 aliphatic rings. The maximum atomic E-state index is 12.5. The quantitative estimate of drug-likeness (QED) is 0.874. The molecule has 1 aliphatic heterocycles. The first-order chi connectivity index (χ1) is 10.2. The van der Waals surface area contributed by atoms with Crippen LogP contribution in [0, 0.1) is 0 Å². The van der Waals surface area contributed by atoms with Crippen LogP contribution in [-0.4, -0.2) is 36.5 Å². The van der Waals surface area contributed by atoms with Crippen molar-refractivity contribution >= 4 is 11.6 Å². The van der Waals surface area contributed by atoms with E-state index in [4.69, 9.17) is 4.74 Å². The number of nitrogens with one attached hydrogen (secondary N) is 1. The highest BCUT2D eigenvalue weighted by Gasteiger charge is 2.27. The maximum absolute atomic E-state index is 12.5. The number of amides is 1. The fraction of sp³-hybridized carbons (Fsp3) is 0.588. The first-order valence-corrected chi connectivity index (χ1v) is 8.02. The Labute approximate surface area is 127 Å². The van der Waals surface area contributed by atoms with E-state index in [-0.39, 0.29) is 11.9 Å². The first kappa shape index (κ1) is 15.8. The summed E-state index contributed by atoms with van der Waals surface area (Å²) in [5.74, 6) is 0.904. The van der Waals surface area contributed by atoms with Crippen LogP contribution in [-0.2, 0) is 4.79 Å². The van der Waals surface area contributed by atoms with Crippen molar-refractivity contribution < 1.29 is 9.53 Å². The average Bonchev–Trinajstić information content (AvgIpc) is 2.49. The summed E-state index contributed by atoms with van der Waals surface area (Å²) in [6.07, 6.45) is 4.38. The van der Waals surface area contributed by atoms with Gasteiger partial charge in [-0.05, 0) is 51.4 Å². The van der Waals surface area contributed by atoms with Gasteiger partial charge in [-0.3, -0.25) is 9.69 Å². The molecule has 21 heavy (non-hydrogen) atoms. The molecule has 1 N–H and O–H groups in total. The van der Waals surface area contributed by atoms with Gasteiger partial charge in [0.05, 0.1) is 12.6 Å². The van der Waals surface area contributed by atoms with Crippen molar-refractivity contribution in [3.8, 4) is 5.75 Å². The second kappa shape index (κ2) is 8.03. The Morgan fingerprint density at radius 1 is 1.38 bits per heavy atom. The van der Waals surface area contributed by atoms with E-state index in [9.17, 15) is 4.79 Å². The average molecular weight is 290 g/mol. The van der Waals surface area contributed by atoms with Crippen LogP contribution in [0.25, 0.3) is 0 Å². The number of carbonyl (C=O) groups excluding carboxylic acids is 1. The van der Waals surface area contributed by atoms with Crippen LogP contribution in [0.2, 0.25) is 0 Å². The smallest absolute Gasteiger partial charge is 0.241 e. The summed E-state index contributed by atoms with van der Waals surface area (Å²) in [6.45, 7) is 6.78. The van der Waals surface area contributed by atoms with E-state index in [1.807, 2.05) is 31.2 Å². The number of rotatable bonds is 6. The molecule has 4 nitrogen and oxygen atoms in total. The largest absolute Gasteiger partial charge is 0.494 e. The third kappa shape index (κ3) is 4.46. The second-order valence-corrected chi connectivity index (χ2v) is 5.50. The summed E-state index contributed by atoms with van der Waals surface area (Å²) in [5.41, 5.74) is 0.813. The SMILES string of the molecule is CCCN1CCCCC1C(=O)Nc1cccc(OCC)c1. The molecule has 1 aromatic carbocycles. The molecule has 116 valence electrons. The van der Waals surface area contributed by atoms with Gasteiger partial charge in [-0.1, -0.05) is 19.4 Å². The summed E-state index contributed by atoms with van der Waals surface area (Å²) in [6, 6.07) is 7.62. The highest BCUT2D eigenvalue weighted by molar-refractivity contribution is 5.95. The number of anilines is 1. The minimum absolute atomic E-state index is 0.00875. The zero-order chi connectivity index (χ0) is 15.1. The second-order valence-electron chi connectivity index (χ2n) is 5.50. The summed E-state index contributed by atoms with van der Waals surface area (Å²) in [5, 5.41) is 3.04. The Morgan fingerprint density at radius 3 is 3.00 bits per heavy atom. The molecule has 2 rings (SSSR count). The molecule has 1 fully saturated rings. The lowest BCUT2D eigenvalue weighted by Crippen LogP contribution is -2.47. The third-order valence-corrected chi connectivity index (χ3v) is 3.84. The van der Waals surface area contributed by atoms with Crippen LogP contribution >= 0.6 is 0 Å². The molecule has 1 unspecified atom stereocenters. The predicted octanol–water partition coefficient (Wildman–Crippen LogP) is 3.29. The highest BCUT2D eigenvalue weighted by Crippen LogP contribution is 2.21. The number of hydrogen-bond acceptors (Lipinski definition) is 3. The molecule has 0 bridgehead atoms. The number of piperidine rings is 1. The van der Waals surface area contributed by atoms with E-state index in [2.05, 4.69) is 17.1 Å². The fourth-order valence-electron chi connectivity index (χ4n) is 2.90. The number of hydrogen-bond donors (Lipinski definition) is 1. The van der Waals surface area contributed by atoms with E-state index < -0.39 is 0 Å². The molecule has 1 amide bonds. The maximum Gasteiger partial charge on any atom is 0.241 e. The van der Waals surface area contributed by atoms with Crippen molar-refractivity contribution in [3.63, 3.8) is 0 Å². The number of benzene rings is 1. The zero-order valence-electron chi connectivity index (χ0n) is 13.1. The molecule has 0 aliphatic carbocycles. The van der Waals surface area contributed by atoms with Gasteiger partial charge < -0.3 is 10.1 Å². The van der Waals surface area contributed by atoms with Crippen molar-refractivity contribution in [3.05, 3.63) is 24.3 Å². The van der Waals surface area contributed by atoms with Gasteiger partial charge in [-0.2, -0.15) is 0 Å². The summed E-state index contributed by atoms with van der Waals surface area (Å²) >= 11 is 0. The molecule has 0 spiro atoms. The van der Waals surface area contributed by atoms with Gasteiger partial charge in [0.15, 0.2) is 0 Å². The van der Waals surface area contributed by atoms with Gasteiger partial charge in [0.25, 0.3) is 0 Å². The third-order valence-electron chi connectivity index (χ3n) is 3.84. The molecule has 4 heteroatoms. The van der Waals surface area contributed by atoms with E-state index in [0.29, 0.717) is 6.61 Å². The van der Waals surface area contributed by atoms with Crippen LogP contribution in [0.15, 0.2) is 24.3 Å². The molecule has 1 saturated heterocycles. The van der Waals surface area contributed by atoms with E-state index in [1.54, 1.807) is 0 Å². The molecular formula is C17H26N2O2. The number of ether oxygens (including phenoxy) is 1. The Bertz CT molecular complexity index is 460. The van der Waals surface area contributed by atoms with Crippen molar-refractivity contribution in [1.29, 1.82) is 0 Å². The van der Waals surface area contributed by atoms with Gasteiger partial charge in [0.2, 0.25) is 5.91 Å². The lowest BCUT2D eigenvalue weighted by Gasteiger charge is -2.34. The molecular weight excluding hydrogens is 264 g/mol. The van der Waals surface area contributed by atoms with Gasteiger partial charge >= 0.3 is 0 Å². The topological polar surface area (TPSA) is 41.6 Å². The van der Waals surface area contributed by atoms with E-state index >= 15 is 0 Å². The molecule has 0 aromatic heterocycles. The first-order valence-electron chi connectivity index (χ1n) is 8.02. The molecule has 0 radical (unpaired) electrons. The van der Waals surface area contributed by atoms with Gasteiger partial charge in [-0.25, -0.2) is 0 Å². The molecule has 1 aromatic rings. The van der Waals surface area contributed by atoms with Crippen molar-refractivity contribution in [2.24, 2.45) is 0 Å². The van der Waals surface area contributed by atoms with Crippen molar-refractivity contribution in [2.45, 2.75) is 45.6 Å². The Balaban J connectivity index is 2.00. The Hall–Kier alpha value is -1.55. The van der Waals surface area contributed by atoms with Crippen LogP contribution < -0.4 is 10.1 Å². The summed E-state index contributed by atoms with van der Waals surface area (Å²) in [7, 11) is 0. The van der Waals surface area contributed by atoms with Gasteiger partial charge in [0.1, 0.15) is 5.75 Å². The number of nitrogens with zero attached hydrogens (tertiary/aromatic N) is 1. The monoisotopic (exact) mass is 290 g/mol. The van der Waals surface area contributed by atoms with Crippen molar-refractivity contribution in [2.75, 3.05) is 25.0 Å². The Kier molecular flexibility index (Phi) is 6.05. The lowest BCUT2D eigenvalue weighted by molar-refractivity contribution is -0.122. The molecule has 0 saturated carbocycles. The van der Waals surface area contributed by atoms with Gasteiger partial charge in [-0.15, -0.1) is 0 Å². The fourth-order valence-corrected chi connectivity index (χ4v) is 2.90. The van der Waals surface area contributed by atoms with E-state index in [0.717, 1.165) is 43.8 Å². The van der Waals surface area contributed by atoms with Gasteiger partial charge in [0, 0.05) is 11.8 Å². The molecule has 1 atom stereocenters. The lowest BCUT2D eigenvalue weighted by atomic mass is 10.0. The zero-order valence-corrected chi connectivity index (χ0v) is 13.1. The summed E-state index contributed by atoms with van der Waals surface area (Å²) in [4.78, 5) is 14.8. The number of likely N-dealkylation sites (tertiary alicyclic amines) is 1. The van der Waals surface area contributed by atoms with Crippen molar-refractivity contribution in [1.82, 2.24) is 4.90 Å².